The van der Waals surface area contributed by atoms with E-state index in [1.807, 2.05) is 6.92 Å². The van der Waals surface area contributed by atoms with Gasteiger partial charge in [0.25, 0.3) is 0 Å². The van der Waals surface area contributed by atoms with Gasteiger partial charge in [0, 0.05) is 38.6 Å². The molecule has 1 aliphatic rings. The predicted molar refractivity (Wildman–Crippen MR) is 90.2 cm³/mol. The van der Waals surface area contributed by atoms with E-state index >= 15 is 0 Å². The first-order valence-electron chi connectivity index (χ1n) is 8.55. The number of halogens is 1. The minimum atomic E-state index is -0.321. The van der Waals surface area contributed by atoms with Crippen molar-refractivity contribution in [1.82, 2.24) is 9.80 Å². The summed E-state index contributed by atoms with van der Waals surface area (Å²) >= 11 is 0. The molecule has 134 valence electrons. The Labute approximate surface area is 143 Å². The Balaban J connectivity index is 1.90. The van der Waals surface area contributed by atoms with E-state index in [1.165, 1.54) is 6.07 Å². The van der Waals surface area contributed by atoms with Gasteiger partial charge in [0.15, 0.2) is 0 Å². The zero-order valence-corrected chi connectivity index (χ0v) is 14.3. The number of nitrogens with zero attached hydrogens (tertiary/aromatic N) is 2. The van der Waals surface area contributed by atoms with E-state index in [1.54, 1.807) is 23.1 Å². The van der Waals surface area contributed by atoms with E-state index in [0.29, 0.717) is 25.1 Å². The normalized spacial score (nSPS) is 16.8. The molecule has 1 aliphatic heterocycles. The molecule has 0 aliphatic carbocycles. The van der Waals surface area contributed by atoms with Gasteiger partial charge < -0.3 is 14.7 Å². The summed E-state index contributed by atoms with van der Waals surface area (Å²) in [5, 5.41) is 9.25. The Morgan fingerprint density at radius 3 is 2.71 bits per heavy atom. The number of carbonyl (C=O) groups is 1. The Bertz CT molecular complexity index is 521. The maximum atomic E-state index is 13.8. The fraction of sp³-hybridized carbons (Fsp3) is 0.611. The van der Waals surface area contributed by atoms with Gasteiger partial charge >= 0.3 is 0 Å². The van der Waals surface area contributed by atoms with Gasteiger partial charge in [-0.05, 0) is 18.1 Å². The summed E-state index contributed by atoms with van der Waals surface area (Å²) in [5.74, 6) is -0.641. The fourth-order valence-electron chi connectivity index (χ4n) is 2.93. The van der Waals surface area contributed by atoms with E-state index in [9.17, 15) is 14.3 Å². The maximum Gasteiger partial charge on any atom is 0.225 e. The zero-order chi connectivity index (χ0) is 17.4. The SMILES string of the molecule is C[C@@H](Cc1ccccc1F)C(=O)N(CCO)CCN1CCOCC1. The number of aliphatic hydroxyl groups excluding tert-OH is 1. The molecule has 1 aromatic carbocycles. The Kier molecular flexibility index (Phi) is 7.62. The van der Waals surface area contributed by atoms with E-state index in [-0.39, 0.29) is 24.2 Å². The van der Waals surface area contributed by atoms with Gasteiger partial charge in [0.05, 0.1) is 19.8 Å². The van der Waals surface area contributed by atoms with Crippen LogP contribution in [0.4, 0.5) is 4.39 Å². The Morgan fingerprint density at radius 2 is 2.04 bits per heavy atom. The predicted octanol–water partition coefficient (Wildman–Crippen LogP) is 1.16. The number of carbonyl (C=O) groups excluding carboxylic acids is 1. The highest BCUT2D eigenvalue weighted by Gasteiger charge is 2.22. The third kappa shape index (κ3) is 5.54. The molecule has 1 fully saturated rings. The average Bonchev–Trinajstić information content (AvgIpc) is 2.61. The van der Waals surface area contributed by atoms with Crippen LogP contribution in [-0.4, -0.2) is 73.4 Å². The largest absolute Gasteiger partial charge is 0.395 e. The van der Waals surface area contributed by atoms with Crippen molar-refractivity contribution in [3.63, 3.8) is 0 Å². The lowest BCUT2D eigenvalue weighted by molar-refractivity contribution is -0.135. The second kappa shape index (κ2) is 9.71. The lowest BCUT2D eigenvalue weighted by Gasteiger charge is -2.31. The Morgan fingerprint density at radius 1 is 1.33 bits per heavy atom. The van der Waals surface area contributed by atoms with Crippen molar-refractivity contribution in [3.05, 3.63) is 35.6 Å². The second-order valence-corrected chi connectivity index (χ2v) is 6.20. The van der Waals surface area contributed by atoms with Crippen LogP contribution in [-0.2, 0) is 16.0 Å². The third-order valence-electron chi connectivity index (χ3n) is 4.38. The number of hydrogen-bond donors (Lipinski definition) is 1. The molecule has 24 heavy (non-hydrogen) atoms. The first kappa shape index (κ1) is 18.8. The first-order valence-corrected chi connectivity index (χ1v) is 8.55. The van der Waals surface area contributed by atoms with Crippen molar-refractivity contribution in [2.45, 2.75) is 13.3 Å². The molecule has 0 aromatic heterocycles. The minimum absolute atomic E-state index is 0.0411. The first-order chi connectivity index (χ1) is 11.6. The molecule has 1 atom stereocenters. The molecular weight excluding hydrogens is 311 g/mol. The summed E-state index contributed by atoms with van der Waals surface area (Å²) in [6, 6.07) is 6.55. The molecule has 1 N–H and O–H groups in total. The van der Waals surface area contributed by atoms with Crippen LogP contribution in [0.25, 0.3) is 0 Å². The van der Waals surface area contributed by atoms with Crippen LogP contribution in [0, 0.1) is 11.7 Å². The molecular formula is C18H27FN2O3. The highest BCUT2D eigenvalue weighted by atomic mass is 19.1. The summed E-state index contributed by atoms with van der Waals surface area (Å²) in [6.45, 7) is 6.57. The molecule has 1 amide bonds. The van der Waals surface area contributed by atoms with Gasteiger partial charge in [-0.25, -0.2) is 4.39 Å². The molecule has 0 unspecified atom stereocenters. The average molecular weight is 338 g/mol. The van der Waals surface area contributed by atoms with Crippen LogP contribution in [0.1, 0.15) is 12.5 Å². The third-order valence-corrected chi connectivity index (χ3v) is 4.38. The van der Waals surface area contributed by atoms with E-state index < -0.39 is 0 Å². The fourth-order valence-corrected chi connectivity index (χ4v) is 2.93. The van der Waals surface area contributed by atoms with Crippen molar-refractivity contribution >= 4 is 5.91 Å². The number of ether oxygens (including phenoxy) is 1. The van der Waals surface area contributed by atoms with Crippen LogP contribution in [0.15, 0.2) is 24.3 Å². The highest BCUT2D eigenvalue weighted by molar-refractivity contribution is 5.78. The molecule has 0 spiro atoms. The van der Waals surface area contributed by atoms with Gasteiger partial charge in [-0.2, -0.15) is 0 Å². The molecule has 1 heterocycles. The summed E-state index contributed by atoms with van der Waals surface area (Å²) in [6.07, 6.45) is 0.366. The Hall–Kier alpha value is -1.50. The summed E-state index contributed by atoms with van der Waals surface area (Å²) in [7, 11) is 0. The smallest absolute Gasteiger partial charge is 0.225 e. The van der Waals surface area contributed by atoms with Crippen LogP contribution in [0.3, 0.4) is 0 Å². The lowest BCUT2D eigenvalue weighted by atomic mass is 9.99. The highest BCUT2D eigenvalue weighted by Crippen LogP contribution is 2.15. The van der Waals surface area contributed by atoms with Gasteiger partial charge in [-0.3, -0.25) is 9.69 Å². The molecule has 0 saturated carbocycles. The van der Waals surface area contributed by atoms with Crippen molar-refractivity contribution in [3.8, 4) is 0 Å². The van der Waals surface area contributed by atoms with Crippen LogP contribution in [0.5, 0.6) is 0 Å². The van der Waals surface area contributed by atoms with Gasteiger partial charge in [0.2, 0.25) is 5.91 Å². The molecule has 1 aromatic rings. The second-order valence-electron chi connectivity index (χ2n) is 6.20. The molecule has 2 rings (SSSR count). The number of hydrogen-bond acceptors (Lipinski definition) is 4. The van der Waals surface area contributed by atoms with E-state index in [0.717, 1.165) is 32.8 Å². The van der Waals surface area contributed by atoms with Gasteiger partial charge in [-0.1, -0.05) is 25.1 Å². The quantitative estimate of drug-likeness (QED) is 0.773. The van der Waals surface area contributed by atoms with Crippen molar-refractivity contribution in [1.29, 1.82) is 0 Å². The summed E-state index contributed by atoms with van der Waals surface area (Å²) in [5.41, 5.74) is 0.551. The monoisotopic (exact) mass is 338 g/mol. The summed E-state index contributed by atoms with van der Waals surface area (Å²) < 4.78 is 19.1. The number of benzene rings is 1. The standard InChI is InChI=1S/C18H27FN2O3/c1-15(14-16-4-2-3-5-17(16)19)18(23)21(8-11-22)7-6-20-9-12-24-13-10-20/h2-5,15,22H,6-14H2,1H3/t15-/m0/s1. The minimum Gasteiger partial charge on any atom is -0.395 e. The van der Waals surface area contributed by atoms with Gasteiger partial charge in [0.1, 0.15) is 5.82 Å². The van der Waals surface area contributed by atoms with Crippen LogP contribution < -0.4 is 0 Å². The molecule has 1 saturated heterocycles. The maximum absolute atomic E-state index is 13.8. The van der Waals surface area contributed by atoms with Crippen LogP contribution in [0.2, 0.25) is 0 Å². The zero-order valence-electron chi connectivity index (χ0n) is 14.3. The van der Waals surface area contributed by atoms with E-state index in [4.69, 9.17) is 4.74 Å². The molecule has 5 nitrogen and oxygen atoms in total. The summed E-state index contributed by atoms with van der Waals surface area (Å²) in [4.78, 5) is 16.6. The number of aliphatic hydroxyl groups is 1. The van der Waals surface area contributed by atoms with Gasteiger partial charge in [-0.15, -0.1) is 0 Å². The molecule has 0 radical (unpaired) electrons. The number of morpholine rings is 1. The van der Waals surface area contributed by atoms with Crippen molar-refractivity contribution in [2.75, 3.05) is 52.5 Å². The molecule has 6 heteroatoms. The number of amides is 1. The number of rotatable bonds is 8. The van der Waals surface area contributed by atoms with E-state index in [2.05, 4.69) is 4.90 Å². The van der Waals surface area contributed by atoms with Crippen molar-refractivity contribution < 1.29 is 19.0 Å². The van der Waals surface area contributed by atoms with Crippen molar-refractivity contribution in [2.24, 2.45) is 5.92 Å². The van der Waals surface area contributed by atoms with Crippen LogP contribution >= 0.6 is 0 Å². The molecule has 0 bridgehead atoms. The topological polar surface area (TPSA) is 53.0 Å². The lowest BCUT2D eigenvalue weighted by Crippen LogP contribution is -2.45.